The van der Waals surface area contributed by atoms with Crippen molar-refractivity contribution in [3.05, 3.63) is 48.0 Å². The molecule has 1 atom stereocenters. The molecule has 0 unspecified atom stereocenters. The second-order valence-corrected chi connectivity index (χ2v) is 5.69. The monoisotopic (exact) mass is 276 g/mol. The van der Waals surface area contributed by atoms with E-state index in [1.54, 1.807) is 13.0 Å². The number of esters is 1. The Balaban J connectivity index is 2.64. The number of ether oxygens (including phenoxy) is 2. The number of hydrogen-bond donors (Lipinski definition) is 0. The zero-order valence-corrected chi connectivity index (χ0v) is 12.8. The van der Waals surface area contributed by atoms with Crippen molar-refractivity contribution in [2.45, 2.75) is 40.4 Å². The molecule has 1 aromatic rings. The Hall–Kier alpha value is -1.61. The fourth-order valence-electron chi connectivity index (χ4n) is 1.71. The zero-order valence-electron chi connectivity index (χ0n) is 12.8. The topological polar surface area (TPSA) is 35.5 Å². The van der Waals surface area contributed by atoms with Crippen molar-refractivity contribution in [2.75, 3.05) is 6.61 Å². The van der Waals surface area contributed by atoms with Crippen LogP contribution in [0.25, 0.3) is 0 Å². The Labute approximate surface area is 121 Å². The summed E-state index contributed by atoms with van der Waals surface area (Å²) in [5.74, 6) is -0.329. The lowest BCUT2D eigenvalue weighted by Gasteiger charge is -2.28. The third-order valence-electron chi connectivity index (χ3n) is 2.82. The molecule has 0 aliphatic heterocycles. The fourth-order valence-corrected chi connectivity index (χ4v) is 1.71. The van der Waals surface area contributed by atoms with Crippen molar-refractivity contribution in [1.29, 1.82) is 0 Å². The SMILES string of the molecule is CCOC(=O)/C=C/[C@H](OCc1ccccc1)C(C)(C)C. The third-order valence-corrected chi connectivity index (χ3v) is 2.82. The second kappa shape index (κ2) is 7.85. The van der Waals surface area contributed by atoms with Crippen LogP contribution >= 0.6 is 0 Å². The predicted octanol–water partition coefficient (Wildman–Crippen LogP) is 3.74. The predicted molar refractivity (Wildman–Crippen MR) is 80.2 cm³/mol. The van der Waals surface area contributed by atoms with Crippen molar-refractivity contribution in [2.24, 2.45) is 5.41 Å². The quantitative estimate of drug-likeness (QED) is 0.586. The van der Waals surface area contributed by atoms with E-state index in [0.29, 0.717) is 13.2 Å². The number of hydrogen-bond acceptors (Lipinski definition) is 3. The zero-order chi connectivity index (χ0) is 15.0. The molecule has 3 nitrogen and oxygen atoms in total. The Kier molecular flexibility index (Phi) is 6.46. The van der Waals surface area contributed by atoms with Crippen molar-refractivity contribution >= 4 is 5.97 Å². The Bertz CT molecular complexity index is 429. The number of rotatable bonds is 6. The Morgan fingerprint density at radius 1 is 1.25 bits per heavy atom. The van der Waals surface area contributed by atoms with Gasteiger partial charge in [-0.15, -0.1) is 0 Å². The molecule has 0 bridgehead atoms. The Morgan fingerprint density at radius 2 is 1.90 bits per heavy atom. The van der Waals surface area contributed by atoms with E-state index in [1.165, 1.54) is 6.08 Å². The number of carbonyl (C=O) groups is 1. The average Bonchev–Trinajstić information content (AvgIpc) is 2.38. The molecule has 0 saturated carbocycles. The molecule has 0 fully saturated rings. The normalized spacial score (nSPS) is 13.4. The van der Waals surface area contributed by atoms with Crippen LogP contribution in [0.15, 0.2) is 42.5 Å². The molecule has 0 aliphatic rings. The molecule has 0 aliphatic carbocycles. The number of benzene rings is 1. The van der Waals surface area contributed by atoms with E-state index in [-0.39, 0.29) is 17.5 Å². The summed E-state index contributed by atoms with van der Waals surface area (Å²) in [6.07, 6.45) is 3.08. The first-order valence-electron chi connectivity index (χ1n) is 6.94. The van der Waals surface area contributed by atoms with E-state index in [9.17, 15) is 4.79 Å². The van der Waals surface area contributed by atoms with Gasteiger partial charge in [-0.1, -0.05) is 51.1 Å². The van der Waals surface area contributed by atoms with Crippen LogP contribution in [0.3, 0.4) is 0 Å². The summed E-state index contributed by atoms with van der Waals surface area (Å²) in [5.41, 5.74) is 1.03. The summed E-state index contributed by atoms with van der Waals surface area (Å²) < 4.78 is 10.8. The lowest BCUT2D eigenvalue weighted by molar-refractivity contribution is -0.137. The first-order chi connectivity index (χ1) is 9.43. The van der Waals surface area contributed by atoms with Crippen molar-refractivity contribution in [1.82, 2.24) is 0 Å². The van der Waals surface area contributed by atoms with Gasteiger partial charge in [0.2, 0.25) is 0 Å². The molecule has 0 saturated heterocycles. The maximum absolute atomic E-state index is 11.4. The molecule has 0 heterocycles. The van der Waals surface area contributed by atoms with Gasteiger partial charge in [-0.2, -0.15) is 0 Å². The average molecular weight is 276 g/mol. The van der Waals surface area contributed by atoms with Crippen LogP contribution in [0.2, 0.25) is 0 Å². The van der Waals surface area contributed by atoms with E-state index in [1.807, 2.05) is 30.3 Å². The maximum Gasteiger partial charge on any atom is 0.330 e. The minimum Gasteiger partial charge on any atom is -0.463 e. The molecule has 110 valence electrons. The molecule has 0 amide bonds. The van der Waals surface area contributed by atoms with Crippen LogP contribution in [-0.2, 0) is 20.9 Å². The van der Waals surface area contributed by atoms with Crippen LogP contribution in [0.1, 0.15) is 33.3 Å². The smallest absolute Gasteiger partial charge is 0.330 e. The van der Waals surface area contributed by atoms with E-state index in [4.69, 9.17) is 9.47 Å². The maximum atomic E-state index is 11.4. The summed E-state index contributed by atoms with van der Waals surface area (Å²) in [4.78, 5) is 11.4. The van der Waals surface area contributed by atoms with Crippen LogP contribution in [-0.4, -0.2) is 18.7 Å². The van der Waals surface area contributed by atoms with Crippen molar-refractivity contribution in [3.8, 4) is 0 Å². The summed E-state index contributed by atoms with van der Waals surface area (Å²) in [6.45, 7) is 8.94. The largest absolute Gasteiger partial charge is 0.463 e. The third kappa shape index (κ3) is 6.02. The van der Waals surface area contributed by atoms with Crippen molar-refractivity contribution < 1.29 is 14.3 Å². The molecule has 0 radical (unpaired) electrons. The summed E-state index contributed by atoms with van der Waals surface area (Å²) in [5, 5.41) is 0. The van der Waals surface area contributed by atoms with Crippen LogP contribution in [0.5, 0.6) is 0 Å². The van der Waals surface area contributed by atoms with E-state index >= 15 is 0 Å². The van der Waals surface area contributed by atoms with E-state index < -0.39 is 0 Å². The Morgan fingerprint density at radius 3 is 2.45 bits per heavy atom. The second-order valence-electron chi connectivity index (χ2n) is 5.69. The highest BCUT2D eigenvalue weighted by molar-refractivity contribution is 5.81. The minimum atomic E-state index is -0.329. The van der Waals surface area contributed by atoms with Gasteiger partial charge in [-0.25, -0.2) is 4.79 Å². The van der Waals surface area contributed by atoms with Gasteiger partial charge in [-0.3, -0.25) is 0 Å². The molecule has 3 heteroatoms. The first kappa shape index (κ1) is 16.4. The summed E-state index contributed by atoms with van der Waals surface area (Å²) in [6, 6.07) is 9.99. The fraction of sp³-hybridized carbons (Fsp3) is 0.471. The van der Waals surface area contributed by atoms with Gasteiger partial charge >= 0.3 is 5.97 Å². The van der Waals surface area contributed by atoms with Gasteiger partial charge < -0.3 is 9.47 Å². The molecule has 1 rings (SSSR count). The highest BCUT2D eigenvalue weighted by Gasteiger charge is 2.23. The molecule has 20 heavy (non-hydrogen) atoms. The highest BCUT2D eigenvalue weighted by atomic mass is 16.5. The molecule has 1 aromatic carbocycles. The molecule has 0 N–H and O–H groups in total. The van der Waals surface area contributed by atoms with Gasteiger partial charge in [0.1, 0.15) is 0 Å². The standard InChI is InChI=1S/C17H24O3/c1-5-19-16(18)12-11-15(17(2,3)4)20-13-14-9-7-6-8-10-14/h6-12,15H,5,13H2,1-4H3/b12-11+/t15-/m0/s1. The molecular formula is C17H24O3. The summed E-state index contributed by atoms with van der Waals surface area (Å²) >= 11 is 0. The van der Waals surface area contributed by atoms with Gasteiger partial charge in [0.15, 0.2) is 0 Å². The van der Waals surface area contributed by atoms with Crippen LogP contribution in [0.4, 0.5) is 0 Å². The lowest BCUT2D eigenvalue weighted by Crippen LogP contribution is -2.27. The molecule has 0 spiro atoms. The lowest BCUT2D eigenvalue weighted by atomic mass is 9.88. The first-order valence-corrected chi connectivity index (χ1v) is 6.94. The van der Waals surface area contributed by atoms with Crippen molar-refractivity contribution in [3.63, 3.8) is 0 Å². The van der Waals surface area contributed by atoms with Gasteiger partial charge in [0.25, 0.3) is 0 Å². The minimum absolute atomic E-state index is 0.0855. The van der Waals surface area contributed by atoms with E-state index in [0.717, 1.165) is 5.56 Å². The summed E-state index contributed by atoms with van der Waals surface area (Å²) in [7, 11) is 0. The number of carbonyl (C=O) groups excluding carboxylic acids is 1. The van der Waals surface area contributed by atoms with Gasteiger partial charge in [0.05, 0.1) is 19.3 Å². The molecular weight excluding hydrogens is 252 g/mol. The van der Waals surface area contributed by atoms with Gasteiger partial charge in [-0.05, 0) is 24.0 Å². The van der Waals surface area contributed by atoms with Crippen LogP contribution < -0.4 is 0 Å². The molecule has 0 aromatic heterocycles. The van der Waals surface area contributed by atoms with Gasteiger partial charge in [0, 0.05) is 6.08 Å². The van der Waals surface area contributed by atoms with Crippen LogP contribution in [0, 0.1) is 5.41 Å². The van der Waals surface area contributed by atoms with E-state index in [2.05, 4.69) is 20.8 Å². The highest BCUT2D eigenvalue weighted by Crippen LogP contribution is 2.24.